The van der Waals surface area contributed by atoms with Crippen LogP contribution in [0.1, 0.15) is 40.4 Å². The van der Waals surface area contributed by atoms with Crippen LogP contribution in [0.3, 0.4) is 0 Å². The molecule has 3 N–H and O–H groups in total. The highest BCUT2D eigenvalue weighted by Crippen LogP contribution is 2.32. The highest BCUT2D eigenvalue weighted by molar-refractivity contribution is 5.96. The predicted molar refractivity (Wildman–Crippen MR) is 76.3 cm³/mol. The number of carboxylic acids is 1. The number of hydrogen-bond donors (Lipinski definition) is 3. The van der Waals surface area contributed by atoms with Crippen molar-refractivity contribution >= 4 is 17.7 Å². The molecule has 0 spiro atoms. The maximum atomic E-state index is 12.4. The van der Waals surface area contributed by atoms with Crippen molar-refractivity contribution < 1.29 is 14.7 Å². The van der Waals surface area contributed by atoms with Gasteiger partial charge in [-0.1, -0.05) is 24.3 Å². The van der Waals surface area contributed by atoms with Crippen molar-refractivity contribution in [1.82, 2.24) is 10.2 Å². The van der Waals surface area contributed by atoms with Crippen molar-refractivity contribution in [3.8, 4) is 0 Å². The van der Waals surface area contributed by atoms with Crippen molar-refractivity contribution in [1.29, 1.82) is 0 Å². The van der Waals surface area contributed by atoms with E-state index in [0.29, 0.717) is 0 Å². The van der Waals surface area contributed by atoms with Gasteiger partial charge in [0, 0.05) is 6.07 Å². The number of aryl methyl sites for hydroxylation is 1. The number of aromatic nitrogens is 2. The number of aromatic amines is 1. The van der Waals surface area contributed by atoms with Gasteiger partial charge in [-0.15, -0.1) is 0 Å². The average molecular weight is 285 g/mol. The summed E-state index contributed by atoms with van der Waals surface area (Å²) in [7, 11) is 0. The van der Waals surface area contributed by atoms with E-state index in [0.717, 1.165) is 24.8 Å². The molecule has 0 fully saturated rings. The topological polar surface area (TPSA) is 95.1 Å². The molecule has 21 heavy (non-hydrogen) atoms. The maximum absolute atomic E-state index is 12.4. The molecule has 0 aliphatic heterocycles. The quantitative estimate of drug-likeness (QED) is 0.805. The van der Waals surface area contributed by atoms with Crippen LogP contribution in [0.25, 0.3) is 0 Å². The Bertz CT molecular complexity index is 693. The molecule has 1 aromatic carbocycles. The van der Waals surface area contributed by atoms with Crippen LogP contribution < -0.4 is 5.32 Å². The van der Waals surface area contributed by atoms with Crippen LogP contribution in [0.2, 0.25) is 0 Å². The number of carbonyl (C=O) groups is 2. The molecule has 108 valence electrons. The Kier molecular flexibility index (Phi) is 3.43. The molecule has 1 unspecified atom stereocenters. The number of rotatable bonds is 3. The summed E-state index contributed by atoms with van der Waals surface area (Å²) in [5, 5.41) is 17.7. The zero-order valence-corrected chi connectivity index (χ0v) is 11.3. The summed E-state index contributed by atoms with van der Waals surface area (Å²) < 4.78 is 0. The minimum Gasteiger partial charge on any atom is -0.477 e. The van der Waals surface area contributed by atoms with Crippen LogP contribution in [0.4, 0.5) is 5.82 Å². The zero-order valence-electron chi connectivity index (χ0n) is 11.3. The van der Waals surface area contributed by atoms with E-state index in [4.69, 9.17) is 5.11 Å². The van der Waals surface area contributed by atoms with Gasteiger partial charge in [0.15, 0.2) is 5.82 Å². The monoisotopic (exact) mass is 285 g/mol. The summed E-state index contributed by atoms with van der Waals surface area (Å²) in [5.74, 6) is -1.23. The Morgan fingerprint density at radius 2 is 2.14 bits per heavy atom. The standard InChI is InChI=1S/C15H15N3O3/c19-14(16-13-8-12(15(20)21)17-18-13)11-7-3-5-9-4-1-2-6-10(9)11/h1-2,4,6,8,11H,3,5,7H2,(H,20,21)(H2,16,17,18,19). The van der Waals surface area contributed by atoms with Crippen molar-refractivity contribution in [3.05, 3.63) is 47.2 Å². The van der Waals surface area contributed by atoms with Crippen LogP contribution >= 0.6 is 0 Å². The third kappa shape index (κ3) is 2.65. The van der Waals surface area contributed by atoms with Gasteiger partial charge in [-0.3, -0.25) is 9.89 Å². The lowest BCUT2D eigenvalue weighted by molar-refractivity contribution is -0.117. The van der Waals surface area contributed by atoms with Crippen LogP contribution in [0, 0.1) is 0 Å². The average Bonchev–Trinajstić information content (AvgIpc) is 2.95. The predicted octanol–water partition coefficient (Wildman–Crippen LogP) is 2.17. The molecule has 0 saturated heterocycles. The first-order valence-electron chi connectivity index (χ1n) is 6.82. The van der Waals surface area contributed by atoms with Crippen molar-refractivity contribution in [3.63, 3.8) is 0 Å². The molecule has 1 atom stereocenters. The Balaban J connectivity index is 1.78. The molecule has 1 aliphatic carbocycles. The first kappa shape index (κ1) is 13.4. The van der Waals surface area contributed by atoms with Gasteiger partial charge in [-0.2, -0.15) is 5.10 Å². The molecule has 1 aliphatic rings. The number of nitrogens with one attached hydrogen (secondary N) is 2. The second-order valence-corrected chi connectivity index (χ2v) is 5.10. The Labute approximate surface area is 121 Å². The second kappa shape index (κ2) is 5.40. The Hall–Kier alpha value is -2.63. The number of nitrogens with zero attached hydrogens (tertiary/aromatic N) is 1. The second-order valence-electron chi connectivity index (χ2n) is 5.10. The third-order valence-electron chi connectivity index (χ3n) is 3.75. The van der Waals surface area contributed by atoms with E-state index >= 15 is 0 Å². The van der Waals surface area contributed by atoms with E-state index in [-0.39, 0.29) is 23.3 Å². The van der Waals surface area contributed by atoms with E-state index in [1.165, 1.54) is 11.6 Å². The molecule has 6 nitrogen and oxygen atoms in total. The van der Waals surface area contributed by atoms with Crippen LogP contribution in [0.15, 0.2) is 30.3 Å². The minimum atomic E-state index is -1.11. The normalized spacial score (nSPS) is 17.0. The molecule has 3 rings (SSSR count). The zero-order chi connectivity index (χ0) is 14.8. The molecule has 0 bridgehead atoms. The van der Waals surface area contributed by atoms with E-state index in [2.05, 4.69) is 15.5 Å². The SMILES string of the molecule is O=C(O)c1cc(NC(=O)C2CCCc3ccccc32)n[nH]1. The smallest absolute Gasteiger partial charge is 0.353 e. The van der Waals surface area contributed by atoms with Crippen LogP contribution in [0.5, 0.6) is 0 Å². The summed E-state index contributed by atoms with van der Waals surface area (Å²) in [6.45, 7) is 0. The number of carboxylic acid groups (broad SMARTS) is 1. The van der Waals surface area contributed by atoms with Gasteiger partial charge in [0.05, 0.1) is 5.92 Å². The lowest BCUT2D eigenvalue weighted by atomic mass is 9.82. The maximum Gasteiger partial charge on any atom is 0.353 e. The highest BCUT2D eigenvalue weighted by Gasteiger charge is 2.26. The lowest BCUT2D eigenvalue weighted by Crippen LogP contribution is -2.24. The first-order valence-corrected chi connectivity index (χ1v) is 6.82. The summed E-state index contributed by atoms with van der Waals surface area (Å²) in [5.41, 5.74) is 2.21. The van der Waals surface area contributed by atoms with Crippen LogP contribution in [-0.2, 0) is 11.2 Å². The van der Waals surface area contributed by atoms with E-state index in [1.54, 1.807) is 0 Å². The minimum absolute atomic E-state index is 0.0469. The van der Waals surface area contributed by atoms with E-state index < -0.39 is 5.97 Å². The fourth-order valence-electron chi connectivity index (χ4n) is 2.73. The van der Waals surface area contributed by atoms with Gasteiger partial charge in [-0.05, 0) is 30.4 Å². The summed E-state index contributed by atoms with van der Waals surface area (Å²) >= 11 is 0. The van der Waals surface area contributed by atoms with Gasteiger partial charge < -0.3 is 10.4 Å². The molecule has 0 radical (unpaired) electrons. The summed E-state index contributed by atoms with van der Waals surface area (Å²) in [4.78, 5) is 23.2. The molecule has 1 heterocycles. The molecule has 2 aromatic rings. The van der Waals surface area contributed by atoms with E-state index in [1.807, 2.05) is 24.3 Å². The summed E-state index contributed by atoms with van der Waals surface area (Å²) in [6.07, 6.45) is 2.75. The highest BCUT2D eigenvalue weighted by atomic mass is 16.4. The van der Waals surface area contributed by atoms with Crippen molar-refractivity contribution in [2.45, 2.75) is 25.2 Å². The van der Waals surface area contributed by atoms with Crippen molar-refractivity contribution in [2.24, 2.45) is 0 Å². The van der Waals surface area contributed by atoms with Gasteiger partial charge >= 0.3 is 5.97 Å². The third-order valence-corrected chi connectivity index (χ3v) is 3.75. The van der Waals surface area contributed by atoms with Gasteiger partial charge in [0.1, 0.15) is 5.69 Å². The number of benzene rings is 1. The van der Waals surface area contributed by atoms with Crippen molar-refractivity contribution in [2.75, 3.05) is 5.32 Å². The molecule has 0 saturated carbocycles. The number of fused-ring (bicyclic) bond motifs is 1. The lowest BCUT2D eigenvalue weighted by Gasteiger charge is -2.24. The molecule has 6 heteroatoms. The van der Waals surface area contributed by atoms with Gasteiger partial charge in [0.2, 0.25) is 5.91 Å². The van der Waals surface area contributed by atoms with Gasteiger partial charge in [-0.25, -0.2) is 4.79 Å². The fraction of sp³-hybridized carbons (Fsp3) is 0.267. The largest absolute Gasteiger partial charge is 0.477 e. The number of H-pyrrole nitrogens is 1. The Morgan fingerprint density at radius 1 is 1.33 bits per heavy atom. The number of carbonyl (C=O) groups excluding carboxylic acids is 1. The van der Waals surface area contributed by atoms with Crippen LogP contribution in [-0.4, -0.2) is 27.2 Å². The van der Waals surface area contributed by atoms with Gasteiger partial charge in [0.25, 0.3) is 0 Å². The number of hydrogen-bond acceptors (Lipinski definition) is 3. The Morgan fingerprint density at radius 3 is 2.90 bits per heavy atom. The molecular weight excluding hydrogens is 270 g/mol. The van der Waals surface area contributed by atoms with E-state index in [9.17, 15) is 9.59 Å². The number of amides is 1. The number of aromatic carboxylic acids is 1. The summed E-state index contributed by atoms with van der Waals surface area (Å²) in [6, 6.07) is 9.25. The molecular formula is C15H15N3O3. The first-order chi connectivity index (χ1) is 10.1. The molecule has 1 amide bonds. The fourth-order valence-corrected chi connectivity index (χ4v) is 2.73. The molecule has 1 aromatic heterocycles. The number of anilines is 1.